The Balaban J connectivity index is 2.85. The summed E-state index contributed by atoms with van der Waals surface area (Å²) in [6, 6.07) is 5.10. The highest BCUT2D eigenvalue weighted by atomic mass is 32.2. The lowest BCUT2D eigenvalue weighted by molar-refractivity contribution is -0.142. The topological polar surface area (TPSA) is 92.7 Å². The molecule has 1 atom stereocenters. The van der Waals surface area contributed by atoms with E-state index in [-0.39, 0.29) is 10.6 Å². The van der Waals surface area contributed by atoms with Crippen LogP contribution in [0.1, 0.15) is 6.92 Å². The molecule has 0 aliphatic carbocycles. The van der Waals surface area contributed by atoms with E-state index in [1.165, 1.54) is 31.4 Å². The molecule has 0 heterocycles. The van der Waals surface area contributed by atoms with E-state index in [0.717, 1.165) is 0 Å². The van der Waals surface area contributed by atoms with Gasteiger partial charge in [-0.2, -0.15) is 0 Å². The van der Waals surface area contributed by atoms with Crippen LogP contribution in [-0.2, 0) is 19.4 Å². The maximum Gasteiger partial charge on any atom is 0.330 e. The summed E-state index contributed by atoms with van der Waals surface area (Å²) in [6.07, 6.45) is 0. The van der Waals surface area contributed by atoms with E-state index >= 15 is 0 Å². The van der Waals surface area contributed by atoms with Crippen LogP contribution < -0.4 is 5.32 Å². The predicted molar refractivity (Wildman–Crippen MR) is 70.7 cm³/mol. The second-order valence-corrected chi connectivity index (χ2v) is 6.11. The minimum absolute atomic E-state index is 0.0290. The van der Waals surface area contributed by atoms with Gasteiger partial charge in [0.15, 0.2) is 9.84 Å². The van der Waals surface area contributed by atoms with E-state index < -0.39 is 28.5 Å². The Bertz CT molecular complexity index is 524. The molecule has 0 fully saturated rings. The van der Waals surface area contributed by atoms with Crippen molar-refractivity contribution in [3.05, 3.63) is 24.3 Å². The Morgan fingerprint density at radius 1 is 1.37 bits per heavy atom. The maximum atomic E-state index is 11.6. The second kappa shape index (κ2) is 6.53. The molecule has 1 aromatic rings. The molecule has 0 radical (unpaired) electrons. The molecule has 1 rings (SSSR count). The van der Waals surface area contributed by atoms with Gasteiger partial charge in [-0.1, -0.05) is 6.92 Å². The molecule has 6 nitrogen and oxygen atoms in total. The summed E-state index contributed by atoms with van der Waals surface area (Å²) in [5.41, 5.74) is 0.527. The number of carbonyl (C=O) groups excluding carboxylic acids is 1. The molecule has 0 bridgehead atoms. The number of ether oxygens (including phenoxy) is 1. The first-order chi connectivity index (χ1) is 8.94. The average molecular weight is 287 g/mol. The first-order valence-electron chi connectivity index (χ1n) is 5.72. The molecule has 0 aliphatic rings. The van der Waals surface area contributed by atoms with Gasteiger partial charge in [-0.3, -0.25) is 0 Å². The second-order valence-electron chi connectivity index (χ2n) is 3.83. The molecule has 0 spiro atoms. The molecule has 106 valence electrons. The number of carbonyl (C=O) groups is 1. The fourth-order valence-electron chi connectivity index (χ4n) is 1.45. The SMILES string of the molecule is CCS(=O)(=O)c1ccc(NC(CO)C(=O)OC)cc1. The minimum atomic E-state index is -3.24. The normalized spacial score (nSPS) is 12.8. The highest BCUT2D eigenvalue weighted by molar-refractivity contribution is 7.91. The van der Waals surface area contributed by atoms with Crippen molar-refractivity contribution in [2.45, 2.75) is 17.9 Å². The third-order valence-electron chi connectivity index (χ3n) is 2.60. The lowest BCUT2D eigenvalue weighted by atomic mass is 10.2. The molecule has 0 amide bonds. The molecule has 7 heteroatoms. The van der Waals surface area contributed by atoms with Crippen molar-refractivity contribution in [3.8, 4) is 0 Å². The van der Waals surface area contributed by atoms with Crippen molar-refractivity contribution in [2.24, 2.45) is 0 Å². The standard InChI is InChI=1S/C12H17NO5S/c1-3-19(16,17)10-6-4-9(5-7-10)13-11(8-14)12(15)18-2/h4-7,11,13-14H,3,8H2,1-2H3. The van der Waals surface area contributed by atoms with Crippen LogP contribution in [-0.4, -0.2) is 45.0 Å². The zero-order valence-corrected chi connectivity index (χ0v) is 11.6. The molecule has 0 saturated carbocycles. The van der Waals surface area contributed by atoms with Gasteiger partial charge in [-0.15, -0.1) is 0 Å². The van der Waals surface area contributed by atoms with Crippen LogP contribution in [0.5, 0.6) is 0 Å². The molecule has 1 unspecified atom stereocenters. The van der Waals surface area contributed by atoms with Crippen LogP contribution in [0, 0.1) is 0 Å². The van der Waals surface area contributed by atoms with Crippen LogP contribution in [0.4, 0.5) is 5.69 Å². The number of aliphatic hydroxyl groups is 1. The summed E-state index contributed by atoms with van der Waals surface area (Å²) in [6.45, 7) is 1.15. The van der Waals surface area contributed by atoms with E-state index in [1.807, 2.05) is 0 Å². The number of anilines is 1. The summed E-state index contributed by atoms with van der Waals surface area (Å²) in [4.78, 5) is 11.5. The smallest absolute Gasteiger partial charge is 0.330 e. The first kappa shape index (κ1) is 15.5. The number of rotatable bonds is 6. The van der Waals surface area contributed by atoms with Crippen LogP contribution in [0.25, 0.3) is 0 Å². The lowest BCUT2D eigenvalue weighted by Gasteiger charge is -2.15. The number of hydrogen-bond acceptors (Lipinski definition) is 6. The Morgan fingerprint density at radius 2 is 1.95 bits per heavy atom. The van der Waals surface area contributed by atoms with Gasteiger partial charge in [0.1, 0.15) is 6.04 Å². The summed E-state index contributed by atoms with van der Waals surface area (Å²) in [5.74, 6) is -0.561. The van der Waals surface area contributed by atoms with Crippen LogP contribution >= 0.6 is 0 Å². The Labute approximate surface area is 112 Å². The Kier molecular flexibility index (Phi) is 5.31. The van der Waals surface area contributed by atoms with Gasteiger partial charge in [-0.25, -0.2) is 13.2 Å². The van der Waals surface area contributed by atoms with E-state index in [1.54, 1.807) is 6.92 Å². The number of nitrogens with one attached hydrogen (secondary N) is 1. The largest absolute Gasteiger partial charge is 0.467 e. The summed E-state index contributed by atoms with van der Waals surface area (Å²) in [5, 5.41) is 11.8. The molecular formula is C12H17NO5S. The van der Waals surface area contributed by atoms with E-state index in [2.05, 4.69) is 10.1 Å². The van der Waals surface area contributed by atoms with Gasteiger partial charge in [0.05, 0.1) is 24.4 Å². The number of sulfone groups is 1. The molecule has 1 aromatic carbocycles. The number of methoxy groups -OCH3 is 1. The van der Waals surface area contributed by atoms with Crippen molar-refractivity contribution in [3.63, 3.8) is 0 Å². The van der Waals surface area contributed by atoms with Gasteiger partial charge < -0.3 is 15.2 Å². The van der Waals surface area contributed by atoms with Gasteiger partial charge in [-0.05, 0) is 24.3 Å². The highest BCUT2D eigenvalue weighted by Gasteiger charge is 2.18. The fourth-order valence-corrected chi connectivity index (χ4v) is 2.33. The van der Waals surface area contributed by atoms with Gasteiger partial charge in [0, 0.05) is 5.69 Å². The van der Waals surface area contributed by atoms with Crippen LogP contribution in [0.15, 0.2) is 29.2 Å². The minimum Gasteiger partial charge on any atom is -0.467 e. The third kappa shape index (κ3) is 3.93. The van der Waals surface area contributed by atoms with Gasteiger partial charge in [0.25, 0.3) is 0 Å². The molecule has 0 aromatic heterocycles. The molecular weight excluding hydrogens is 270 g/mol. The average Bonchev–Trinajstić information content (AvgIpc) is 2.44. The first-order valence-corrected chi connectivity index (χ1v) is 7.38. The number of hydrogen-bond donors (Lipinski definition) is 2. The summed E-state index contributed by atoms with van der Waals surface area (Å²) >= 11 is 0. The third-order valence-corrected chi connectivity index (χ3v) is 4.35. The van der Waals surface area contributed by atoms with Crippen molar-refractivity contribution in [1.29, 1.82) is 0 Å². The van der Waals surface area contributed by atoms with E-state index in [0.29, 0.717) is 5.69 Å². The lowest BCUT2D eigenvalue weighted by Crippen LogP contribution is -2.34. The predicted octanol–water partition coefficient (Wildman–Crippen LogP) is 0.426. The zero-order valence-electron chi connectivity index (χ0n) is 10.8. The quantitative estimate of drug-likeness (QED) is 0.737. The highest BCUT2D eigenvalue weighted by Crippen LogP contribution is 2.16. The maximum absolute atomic E-state index is 11.6. The number of esters is 1. The molecule has 19 heavy (non-hydrogen) atoms. The van der Waals surface area contributed by atoms with Crippen molar-refractivity contribution in [2.75, 3.05) is 24.8 Å². The van der Waals surface area contributed by atoms with Gasteiger partial charge in [0.2, 0.25) is 0 Å². The molecule has 0 aliphatic heterocycles. The molecule has 0 saturated heterocycles. The van der Waals surface area contributed by atoms with Crippen molar-refractivity contribution < 1.29 is 23.1 Å². The number of aliphatic hydroxyl groups excluding tert-OH is 1. The monoisotopic (exact) mass is 287 g/mol. The summed E-state index contributed by atoms with van der Waals surface area (Å²) in [7, 11) is -2.01. The summed E-state index contributed by atoms with van der Waals surface area (Å²) < 4.78 is 27.7. The van der Waals surface area contributed by atoms with Crippen molar-refractivity contribution in [1.82, 2.24) is 0 Å². The fraction of sp³-hybridized carbons (Fsp3) is 0.417. The van der Waals surface area contributed by atoms with E-state index in [4.69, 9.17) is 5.11 Å². The Morgan fingerprint density at radius 3 is 2.37 bits per heavy atom. The zero-order chi connectivity index (χ0) is 14.5. The van der Waals surface area contributed by atoms with E-state index in [9.17, 15) is 13.2 Å². The molecule has 2 N–H and O–H groups in total. The Hall–Kier alpha value is -1.60. The van der Waals surface area contributed by atoms with Crippen molar-refractivity contribution >= 4 is 21.5 Å². The van der Waals surface area contributed by atoms with Crippen LogP contribution in [0.3, 0.4) is 0 Å². The van der Waals surface area contributed by atoms with Gasteiger partial charge >= 0.3 is 5.97 Å². The van der Waals surface area contributed by atoms with Crippen LogP contribution in [0.2, 0.25) is 0 Å². The number of benzene rings is 1.